The van der Waals surface area contributed by atoms with Crippen LogP contribution in [0.3, 0.4) is 0 Å². The summed E-state index contributed by atoms with van der Waals surface area (Å²) in [5.41, 5.74) is 0.0466. The molecule has 0 fully saturated rings. The van der Waals surface area contributed by atoms with Gasteiger partial charge in [0.2, 0.25) is 0 Å². The van der Waals surface area contributed by atoms with Crippen LogP contribution in [0.5, 0.6) is 0 Å². The van der Waals surface area contributed by atoms with Crippen molar-refractivity contribution in [2.75, 3.05) is 0 Å². The first kappa shape index (κ1) is 9.10. The second-order valence-corrected chi connectivity index (χ2v) is 3.90. The van der Waals surface area contributed by atoms with Gasteiger partial charge in [-0.3, -0.25) is 4.79 Å². The van der Waals surface area contributed by atoms with Gasteiger partial charge >= 0.3 is 0 Å². The van der Waals surface area contributed by atoms with Crippen molar-refractivity contribution in [1.29, 1.82) is 0 Å². The lowest BCUT2D eigenvalue weighted by Crippen LogP contribution is -1.88. The van der Waals surface area contributed by atoms with Crippen LogP contribution in [0.2, 0.25) is 0 Å². The third kappa shape index (κ3) is 1.47. The monoisotopic (exact) mass is 206 g/mol. The van der Waals surface area contributed by atoms with Crippen LogP contribution in [-0.2, 0) is 0 Å². The van der Waals surface area contributed by atoms with Gasteiger partial charge in [0.25, 0.3) is 0 Å². The van der Waals surface area contributed by atoms with Crippen molar-refractivity contribution < 1.29 is 0 Å². The predicted octanol–water partition coefficient (Wildman–Crippen LogP) is 3.35. The van der Waals surface area contributed by atoms with E-state index in [0.717, 1.165) is 10.8 Å². The summed E-state index contributed by atoms with van der Waals surface area (Å²) < 4.78 is 0. The summed E-state index contributed by atoms with van der Waals surface area (Å²) in [4.78, 5) is 11.4. The SMILES string of the molecule is O=c1cccc2cc3ccccc3cc2c1. The van der Waals surface area contributed by atoms with Gasteiger partial charge in [0.1, 0.15) is 0 Å². The predicted molar refractivity (Wildman–Crippen MR) is 67.7 cm³/mol. The maximum Gasteiger partial charge on any atom is 0.179 e. The Kier molecular flexibility index (Phi) is 1.97. The lowest BCUT2D eigenvalue weighted by Gasteiger charge is -1.98. The van der Waals surface area contributed by atoms with Crippen LogP contribution < -0.4 is 5.43 Å². The van der Waals surface area contributed by atoms with Gasteiger partial charge in [-0.25, -0.2) is 0 Å². The zero-order valence-electron chi connectivity index (χ0n) is 8.68. The van der Waals surface area contributed by atoms with E-state index in [1.54, 1.807) is 18.2 Å². The smallest absolute Gasteiger partial charge is 0.179 e. The Morgan fingerprint density at radius 1 is 0.562 bits per heavy atom. The Hall–Kier alpha value is -2.15. The van der Waals surface area contributed by atoms with Crippen molar-refractivity contribution in [3.63, 3.8) is 0 Å². The molecule has 1 nitrogen and oxygen atoms in total. The van der Waals surface area contributed by atoms with Crippen molar-refractivity contribution in [3.05, 3.63) is 70.9 Å². The van der Waals surface area contributed by atoms with Gasteiger partial charge in [-0.1, -0.05) is 36.4 Å². The quantitative estimate of drug-likeness (QED) is 0.551. The molecule has 0 saturated heterocycles. The molecular formula is C15H10O. The lowest BCUT2D eigenvalue weighted by molar-refractivity contribution is 1.70. The lowest BCUT2D eigenvalue weighted by atomic mass is 10.1. The van der Waals surface area contributed by atoms with Gasteiger partial charge in [-0.2, -0.15) is 0 Å². The molecule has 0 aromatic heterocycles. The van der Waals surface area contributed by atoms with Crippen molar-refractivity contribution in [2.24, 2.45) is 0 Å². The molecule has 0 atom stereocenters. The average molecular weight is 206 g/mol. The Balaban J connectivity index is 2.55. The largest absolute Gasteiger partial charge is 0.290 e. The molecule has 0 bridgehead atoms. The maximum atomic E-state index is 11.4. The number of fused-ring (bicyclic) bond motifs is 2. The fourth-order valence-corrected chi connectivity index (χ4v) is 1.99. The van der Waals surface area contributed by atoms with Crippen LogP contribution >= 0.6 is 0 Å². The fourth-order valence-electron chi connectivity index (χ4n) is 1.99. The first-order valence-electron chi connectivity index (χ1n) is 5.26. The number of benzene rings is 2. The molecule has 1 heteroatoms. The zero-order valence-corrected chi connectivity index (χ0v) is 8.68. The number of hydrogen-bond donors (Lipinski definition) is 0. The molecule has 16 heavy (non-hydrogen) atoms. The molecule has 0 radical (unpaired) electrons. The maximum absolute atomic E-state index is 11.4. The Labute approximate surface area is 93.0 Å². The van der Waals surface area contributed by atoms with Crippen LogP contribution in [0.25, 0.3) is 21.5 Å². The van der Waals surface area contributed by atoms with Crippen molar-refractivity contribution in [2.45, 2.75) is 0 Å². The Morgan fingerprint density at radius 2 is 1.12 bits per heavy atom. The number of rotatable bonds is 0. The van der Waals surface area contributed by atoms with Gasteiger partial charge in [0, 0.05) is 0 Å². The fraction of sp³-hybridized carbons (Fsp3) is 0. The highest BCUT2D eigenvalue weighted by Crippen LogP contribution is 2.20. The first-order valence-corrected chi connectivity index (χ1v) is 5.26. The molecule has 3 aromatic carbocycles. The third-order valence-electron chi connectivity index (χ3n) is 2.79. The minimum atomic E-state index is 0.0466. The summed E-state index contributed by atoms with van der Waals surface area (Å²) in [6.45, 7) is 0. The highest BCUT2D eigenvalue weighted by molar-refractivity contribution is 5.97. The summed E-state index contributed by atoms with van der Waals surface area (Å²) in [7, 11) is 0. The summed E-state index contributed by atoms with van der Waals surface area (Å²) in [5, 5.41) is 4.46. The van der Waals surface area contributed by atoms with Crippen LogP contribution in [0, 0.1) is 0 Å². The second kappa shape index (κ2) is 3.46. The molecule has 0 spiro atoms. The van der Waals surface area contributed by atoms with E-state index in [0.29, 0.717) is 0 Å². The standard InChI is InChI=1S/C15H10O/c16-15-7-3-6-13-8-11-4-1-2-5-12(11)9-14(13)10-15/h1-10H. The van der Waals surface area contributed by atoms with E-state index in [1.165, 1.54) is 10.8 Å². The van der Waals surface area contributed by atoms with E-state index in [-0.39, 0.29) is 5.43 Å². The molecule has 0 saturated carbocycles. The van der Waals surface area contributed by atoms with Crippen LogP contribution in [0.15, 0.2) is 65.5 Å². The Bertz CT molecular complexity index is 729. The molecule has 0 amide bonds. The minimum absolute atomic E-state index is 0.0466. The van der Waals surface area contributed by atoms with Crippen LogP contribution in [0.4, 0.5) is 0 Å². The molecule has 3 rings (SSSR count). The summed E-state index contributed by atoms with van der Waals surface area (Å²) in [6.07, 6.45) is 0. The van der Waals surface area contributed by atoms with E-state index in [1.807, 2.05) is 18.2 Å². The number of hydrogen-bond acceptors (Lipinski definition) is 1. The molecule has 0 aliphatic rings. The first-order chi connectivity index (χ1) is 7.83. The summed E-state index contributed by atoms with van der Waals surface area (Å²) >= 11 is 0. The van der Waals surface area contributed by atoms with E-state index >= 15 is 0 Å². The molecule has 0 aliphatic carbocycles. The van der Waals surface area contributed by atoms with E-state index in [4.69, 9.17) is 0 Å². The zero-order chi connectivity index (χ0) is 11.0. The van der Waals surface area contributed by atoms with Crippen LogP contribution in [-0.4, -0.2) is 0 Å². The second-order valence-electron chi connectivity index (χ2n) is 3.90. The molecule has 0 heterocycles. The van der Waals surface area contributed by atoms with E-state index in [2.05, 4.69) is 24.3 Å². The normalized spacial score (nSPS) is 10.8. The highest BCUT2D eigenvalue weighted by atomic mass is 16.1. The van der Waals surface area contributed by atoms with Crippen molar-refractivity contribution in [3.8, 4) is 0 Å². The van der Waals surface area contributed by atoms with E-state index < -0.39 is 0 Å². The van der Waals surface area contributed by atoms with Gasteiger partial charge in [0.15, 0.2) is 5.43 Å². The molecule has 0 N–H and O–H groups in total. The average Bonchev–Trinajstić information content (AvgIpc) is 2.46. The van der Waals surface area contributed by atoms with Crippen molar-refractivity contribution in [1.82, 2.24) is 0 Å². The molecule has 0 unspecified atom stereocenters. The summed E-state index contributed by atoms with van der Waals surface area (Å²) in [6, 6.07) is 19.4. The molecule has 0 aliphatic heterocycles. The van der Waals surface area contributed by atoms with Gasteiger partial charge in [-0.05, 0) is 45.8 Å². The molecular weight excluding hydrogens is 196 g/mol. The highest BCUT2D eigenvalue weighted by Gasteiger charge is 1.96. The topological polar surface area (TPSA) is 17.1 Å². The molecule has 76 valence electrons. The van der Waals surface area contributed by atoms with E-state index in [9.17, 15) is 4.79 Å². The van der Waals surface area contributed by atoms with Gasteiger partial charge < -0.3 is 0 Å². The van der Waals surface area contributed by atoms with Crippen LogP contribution in [0.1, 0.15) is 0 Å². The third-order valence-corrected chi connectivity index (χ3v) is 2.79. The summed E-state index contributed by atoms with van der Waals surface area (Å²) in [5.74, 6) is 0. The Morgan fingerprint density at radius 3 is 1.88 bits per heavy atom. The van der Waals surface area contributed by atoms with Crippen molar-refractivity contribution >= 4 is 21.5 Å². The minimum Gasteiger partial charge on any atom is -0.290 e. The molecule has 3 aromatic rings. The van der Waals surface area contributed by atoms with Gasteiger partial charge in [0.05, 0.1) is 0 Å². The van der Waals surface area contributed by atoms with Gasteiger partial charge in [-0.15, -0.1) is 0 Å².